The number of hydrogen-bond donors (Lipinski definition) is 2. The van der Waals surface area contributed by atoms with Gasteiger partial charge >= 0.3 is 5.97 Å². The fraction of sp³-hybridized carbons (Fsp3) is 0.150. The minimum atomic E-state index is -3.86. The minimum Gasteiger partial charge on any atom is -0.493 e. The van der Waals surface area contributed by atoms with E-state index < -0.39 is 16.0 Å². The third-order valence-electron chi connectivity index (χ3n) is 3.98. The van der Waals surface area contributed by atoms with E-state index in [2.05, 4.69) is 4.72 Å². The predicted octanol–water partition coefficient (Wildman–Crippen LogP) is 4.13. The Morgan fingerprint density at radius 1 is 1.00 bits per heavy atom. The molecule has 0 saturated carbocycles. The Balaban J connectivity index is 1.99. The van der Waals surface area contributed by atoms with Crippen molar-refractivity contribution in [2.45, 2.75) is 18.2 Å². The van der Waals surface area contributed by atoms with Crippen LogP contribution >= 0.6 is 0 Å². The van der Waals surface area contributed by atoms with Crippen molar-refractivity contribution in [3.05, 3.63) is 66.2 Å². The molecular weight excluding hydrogens is 366 g/mol. The Labute approximate surface area is 157 Å². The molecule has 27 heavy (non-hydrogen) atoms. The third-order valence-corrected chi connectivity index (χ3v) is 5.42. The van der Waals surface area contributed by atoms with E-state index in [0.717, 1.165) is 11.8 Å². The number of sulfonamides is 1. The number of benzene rings is 3. The normalized spacial score (nSPS) is 11.3. The zero-order valence-corrected chi connectivity index (χ0v) is 15.5. The van der Waals surface area contributed by atoms with Gasteiger partial charge in [0.1, 0.15) is 5.75 Å². The van der Waals surface area contributed by atoms with Crippen LogP contribution in [0.3, 0.4) is 0 Å². The molecule has 0 fully saturated rings. The van der Waals surface area contributed by atoms with Gasteiger partial charge in [0.05, 0.1) is 17.1 Å². The molecule has 0 saturated heterocycles. The number of hydrogen-bond acceptors (Lipinski definition) is 4. The van der Waals surface area contributed by atoms with Gasteiger partial charge in [0.2, 0.25) is 0 Å². The monoisotopic (exact) mass is 385 g/mol. The van der Waals surface area contributed by atoms with Crippen molar-refractivity contribution in [1.82, 2.24) is 0 Å². The molecule has 0 bridgehead atoms. The molecule has 6 nitrogen and oxygen atoms in total. The standard InChI is InChI=1S/C20H19NO5S/c1-2-13-26-18-11-12-19(17-6-4-3-5-16(17)18)27(24,25)21-15-9-7-14(8-10-15)20(22)23/h3-12,21H,2,13H2,1H3,(H,22,23). The highest BCUT2D eigenvalue weighted by molar-refractivity contribution is 7.93. The quantitative estimate of drug-likeness (QED) is 0.638. The maximum Gasteiger partial charge on any atom is 0.335 e. The molecule has 140 valence electrons. The number of anilines is 1. The van der Waals surface area contributed by atoms with Crippen molar-refractivity contribution >= 4 is 32.5 Å². The first-order valence-electron chi connectivity index (χ1n) is 8.43. The maximum absolute atomic E-state index is 12.9. The summed E-state index contributed by atoms with van der Waals surface area (Å²) in [5, 5.41) is 10.2. The fourth-order valence-electron chi connectivity index (χ4n) is 2.71. The summed E-state index contributed by atoms with van der Waals surface area (Å²) in [6.07, 6.45) is 0.849. The molecule has 0 unspecified atom stereocenters. The highest BCUT2D eigenvalue weighted by atomic mass is 32.2. The van der Waals surface area contributed by atoms with Gasteiger partial charge in [-0.1, -0.05) is 31.2 Å². The zero-order valence-electron chi connectivity index (χ0n) is 14.7. The Morgan fingerprint density at radius 2 is 1.67 bits per heavy atom. The number of aromatic carboxylic acids is 1. The summed E-state index contributed by atoms with van der Waals surface area (Å²) in [5.74, 6) is -0.435. The summed E-state index contributed by atoms with van der Waals surface area (Å²) in [5.41, 5.74) is 0.371. The largest absolute Gasteiger partial charge is 0.493 e. The van der Waals surface area contributed by atoms with Crippen LogP contribution in [-0.2, 0) is 10.0 Å². The second-order valence-electron chi connectivity index (χ2n) is 5.94. The van der Waals surface area contributed by atoms with Crippen LogP contribution < -0.4 is 9.46 Å². The van der Waals surface area contributed by atoms with Crippen LogP contribution in [0.5, 0.6) is 5.75 Å². The van der Waals surface area contributed by atoms with Crippen molar-refractivity contribution in [2.24, 2.45) is 0 Å². The van der Waals surface area contributed by atoms with Crippen LogP contribution in [0.2, 0.25) is 0 Å². The molecule has 0 aliphatic heterocycles. The lowest BCUT2D eigenvalue weighted by Crippen LogP contribution is -2.13. The fourth-order valence-corrected chi connectivity index (χ4v) is 3.98. The molecule has 3 aromatic carbocycles. The second kappa shape index (κ2) is 7.67. The summed E-state index contributed by atoms with van der Waals surface area (Å²) in [6.45, 7) is 2.55. The van der Waals surface area contributed by atoms with Gasteiger partial charge in [-0.05, 0) is 42.8 Å². The van der Waals surface area contributed by atoms with Crippen molar-refractivity contribution in [3.8, 4) is 5.75 Å². The second-order valence-corrected chi connectivity index (χ2v) is 7.59. The van der Waals surface area contributed by atoms with Gasteiger partial charge in [-0.25, -0.2) is 13.2 Å². The lowest BCUT2D eigenvalue weighted by Gasteiger charge is -2.14. The molecule has 0 radical (unpaired) electrons. The van der Waals surface area contributed by atoms with Crippen molar-refractivity contribution in [3.63, 3.8) is 0 Å². The Hall–Kier alpha value is -3.06. The number of fused-ring (bicyclic) bond motifs is 1. The molecule has 0 spiro atoms. The van der Waals surface area contributed by atoms with Crippen LogP contribution in [0.25, 0.3) is 10.8 Å². The van der Waals surface area contributed by atoms with E-state index >= 15 is 0 Å². The average Bonchev–Trinajstić information content (AvgIpc) is 2.66. The average molecular weight is 385 g/mol. The lowest BCUT2D eigenvalue weighted by molar-refractivity contribution is 0.0697. The van der Waals surface area contributed by atoms with Gasteiger partial charge in [0, 0.05) is 16.5 Å². The molecule has 7 heteroatoms. The molecule has 3 rings (SSSR count). The number of carboxylic acid groups (broad SMARTS) is 1. The lowest BCUT2D eigenvalue weighted by atomic mass is 10.1. The van der Waals surface area contributed by atoms with E-state index in [1.807, 2.05) is 19.1 Å². The van der Waals surface area contributed by atoms with Crippen LogP contribution in [0.1, 0.15) is 23.7 Å². The topological polar surface area (TPSA) is 92.7 Å². The molecule has 0 atom stereocenters. The van der Waals surface area contributed by atoms with E-state index in [0.29, 0.717) is 17.7 Å². The van der Waals surface area contributed by atoms with Gasteiger partial charge in [-0.2, -0.15) is 0 Å². The number of rotatable bonds is 7. The number of carbonyl (C=O) groups is 1. The van der Waals surface area contributed by atoms with Crippen LogP contribution in [0.4, 0.5) is 5.69 Å². The van der Waals surface area contributed by atoms with E-state index in [1.54, 1.807) is 18.2 Å². The maximum atomic E-state index is 12.9. The first-order valence-corrected chi connectivity index (χ1v) is 9.91. The number of carboxylic acids is 1. The van der Waals surface area contributed by atoms with Crippen molar-refractivity contribution < 1.29 is 23.1 Å². The van der Waals surface area contributed by atoms with E-state index in [1.165, 1.54) is 30.3 Å². The van der Waals surface area contributed by atoms with Gasteiger partial charge in [-0.15, -0.1) is 0 Å². The number of nitrogens with one attached hydrogen (secondary N) is 1. The summed E-state index contributed by atoms with van der Waals surface area (Å²) >= 11 is 0. The Kier molecular flexibility index (Phi) is 5.32. The molecular formula is C20H19NO5S. The highest BCUT2D eigenvalue weighted by Crippen LogP contribution is 2.32. The Bertz CT molecular complexity index is 1080. The minimum absolute atomic E-state index is 0.0841. The summed E-state index contributed by atoms with van der Waals surface area (Å²) < 4.78 is 34.0. The van der Waals surface area contributed by atoms with Crippen LogP contribution in [0.15, 0.2) is 65.6 Å². The van der Waals surface area contributed by atoms with E-state index in [9.17, 15) is 13.2 Å². The van der Waals surface area contributed by atoms with Gasteiger partial charge in [0.25, 0.3) is 10.0 Å². The predicted molar refractivity (Wildman–Crippen MR) is 104 cm³/mol. The molecule has 3 aromatic rings. The van der Waals surface area contributed by atoms with E-state index in [4.69, 9.17) is 9.84 Å². The van der Waals surface area contributed by atoms with Crippen molar-refractivity contribution in [2.75, 3.05) is 11.3 Å². The van der Waals surface area contributed by atoms with Gasteiger partial charge in [0.15, 0.2) is 0 Å². The first kappa shape index (κ1) is 18.7. The molecule has 0 aliphatic carbocycles. The molecule has 2 N–H and O–H groups in total. The van der Waals surface area contributed by atoms with Crippen LogP contribution in [-0.4, -0.2) is 26.1 Å². The third kappa shape index (κ3) is 4.03. The smallest absolute Gasteiger partial charge is 0.335 e. The van der Waals surface area contributed by atoms with Crippen LogP contribution in [0, 0.1) is 0 Å². The molecule has 0 amide bonds. The van der Waals surface area contributed by atoms with E-state index in [-0.39, 0.29) is 16.1 Å². The summed E-state index contributed by atoms with van der Waals surface area (Å²) in [7, 11) is -3.86. The highest BCUT2D eigenvalue weighted by Gasteiger charge is 2.19. The number of ether oxygens (including phenoxy) is 1. The Morgan fingerprint density at radius 3 is 2.30 bits per heavy atom. The first-order chi connectivity index (χ1) is 12.9. The van der Waals surface area contributed by atoms with Gasteiger partial charge < -0.3 is 9.84 Å². The van der Waals surface area contributed by atoms with Crippen molar-refractivity contribution in [1.29, 1.82) is 0 Å². The summed E-state index contributed by atoms with van der Waals surface area (Å²) in [6, 6.07) is 15.9. The van der Waals surface area contributed by atoms with Gasteiger partial charge in [-0.3, -0.25) is 4.72 Å². The molecule has 0 heterocycles. The zero-order chi connectivity index (χ0) is 19.4. The molecule has 0 aliphatic rings. The molecule has 0 aromatic heterocycles. The summed E-state index contributed by atoms with van der Waals surface area (Å²) in [4.78, 5) is 11.1. The SMILES string of the molecule is CCCOc1ccc(S(=O)(=O)Nc2ccc(C(=O)O)cc2)c2ccccc12.